The second kappa shape index (κ2) is 17.8. The van der Waals surface area contributed by atoms with Crippen LogP contribution in [-0.2, 0) is 31.7 Å². The monoisotopic (exact) mass is 675 g/mol. The molecule has 0 radical (unpaired) electrons. The molecule has 0 saturated carbocycles. The first-order valence-corrected chi connectivity index (χ1v) is 17.6. The fourth-order valence-corrected chi connectivity index (χ4v) is 6.50. The van der Waals surface area contributed by atoms with Gasteiger partial charge in [-0.15, -0.1) is 0 Å². The number of carbonyl (C=O) groups is 2. The predicted octanol–water partition coefficient (Wildman–Crippen LogP) is 5.65. The molecule has 2 aromatic carbocycles. The van der Waals surface area contributed by atoms with Gasteiger partial charge in [-0.2, -0.15) is 0 Å². The van der Waals surface area contributed by atoms with Crippen molar-refractivity contribution < 1.29 is 28.4 Å². The molecule has 2 aromatic rings. The Bertz CT molecular complexity index is 1380. The van der Waals surface area contributed by atoms with Crippen LogP contribution in [0.5, 0.6) is 5.75 Å². The maximum Gasteiger partial charge on any atom is 0.263 e. The van der Waals surface area contributed by atoms with Gasteiger partial charge in [-0.05, 0) is 80.5 Å². The Kier molecular flexibility index (Phi) is 14.6. The number of aliphatic hydroxyl groups excluding tert-OH is 1. The first kappa shape index (κ1) is 37.5. The fraction of sp³-hybridized carbons (Fsp3) is 0.543. The minimum absolute atomic E-state index is 0.161. The van der Waals surface area contributed by atoms with E-state index in [4.69, 9.17) is 26.2 Å². The summed E-state index contributed by atoms with van der Waals surface area (Å²) < 4.78 is 28.1. The minimum Gasteiger partial charge on any atom is -0.491 e. The number of ether oxygens (including phenoxy) is 2. The Hall–Kier alpha value is -2.92. The number of amides is 2. The highest BCUT2D eigenvalue weighted by atomic mass is 35.5. The molecule has 0 saturated heterocycles. The van der Waals surface area contributed by atoms with Gasteiger partial charge in [-0.25, -0.2) is 4.21 Å². The van der Waals surface area contributed by atoms with Gasteiger partial charge in [0.15, 0.2) is 11.0 Å². The Labute approximate surface area is 281 Å². The number of rotatable bonds is 5. The van der Waals surface area contributed by atoms with Gasteiger partial charge in [-0.1, -0.05) is 56.5 Å². The molecule has 2 aliphatic rings. The van der Waals surface area contributed by atoms with Crippen LogP contribution in [-0.4, -0.2) is 78.6 Å². The number of aliphatic hydroxyl groups is 1. The van der Waals surface area contributed by atoms with E-state index in [1.807, 2.05) is 24.3 Å². The summed E-state index contributed by atoms with van der Waals surface area (Å²) in [4.78, 5) is 27.3. The van der Waals surface area contributed by atoms with Crippen LogP contribution >= 0.6 is 11.6 Å². The number of carbonyl (C=O) groups excluding carboxylic acids is 2. The van der Waals surface area contributed by atoms with Crippen LogP contribution in [0.2, 0.25) is 5.02 Å². The molecule has 0 spiro atoms. The molecule has 254 valence electrons. The first-order chi connectivity index (χ1) is 21.9. The van der Waals surface area contributed by atoms with Crippen molar-refractivity contribution in [3.8, 4) is 5.75 Å². The largest absolute Gasteiger partial charge is 0.491 e. The third kappa shape index (κ3) is 10.6. The quantitative estimate of drug-likeness (QED) is 0.394. The minimum atomic E-state index is -1.73. The van der Waals surface area contributed by atoms with Gasteiger partial charge < -0.3 is 24.4 Å². The molecule has 11 heteroatoms. The van der Waals surface area contributed by atoms with Crippen molar-refractivity contribution in [2.75, 3.05) is 51.9 Å². The molecule has 9 nitrogen and oxygen atoms in total. The smallest absolute Gasteiger partial charge is 0.263 e. The van der Waals surface area contributed by atoms with Crippen LogP contribution in [0, 0.1) is 5.92 Å². The number of halogens is 1. The van der Waals surface area contributed by atoms with Gasteiger partial charge in [0.05, 0.1) is 23.8 Å². The molecular weight excluding hydrogens is 626 g/mol. The number of hydrogen-bond donors (Lipinski definition) is 2. The lowest BCUT2D eigenvalue weighted by atomic mass is 9.91. The molecule has 46 heavy (non-hydrogen) atoms. The highest BCUT2D eigenvalue weighted by Gasteiger charge is 2.31. The van der Waals surface area contributed by atoms with Crippen molar-refractivity contribution in [2.45, 2.75) is 76.2 Å². The van der Waals surface area contributed by atoms with Gasteiger partial charge in [0.25, 0.3) is 5.91 Å². The third-order valence-corrected chi connectivity index (χ3v) is 9.65. The number of benzene rings is 2. The number of allylic oxidation sites excluding steroid dienone is 1. The van der Waals surface area contributed by atoms with Gasteiger partial charge in [0, 0.05) is 38.1 Å². The van der Waals surface area contributed by atoms with Crippen LogP contribution in [0.25, 0.3) is 0 Å². The van der Waals surface area contributed by atoms with Crippen LogP contribution in [0.15, 0.2) is 53.4 Å². The zero-order chi connectivity index (χ0) is 33.9. The zero-order valence-electron chi connectivity index (χ0n) is 28.0. The molecule has 2 aliphatic heterocycles. The van der Waals surface area contributed by atoms with E-state index in [0.717, 1.165) is 61.7 Å². The number of aryl methyl sites for hydroxylation is 1. The lowest BCUT2D eigenvalue weighted by Gasteiger charge is -2.29. The van der Waals surface area contributed by atoms with Crippen molar-refractivity contribution in [1.29, 1.82) is 0 Å². The van der Waals surface area contributed by atoms with Crippen LogP contribution < -0.4 is 14.4 Å². The van der Waals surface area contributed by atoms with Gasteiger partial charge in [-0.3, -0.25) is 14.3 Å². The molecule has 2 N–H and O–H groups in total. The van der Waals surface area contributed by atoms with E-state index >= 15 is 0 Å². The molecule has 0 aromatic heterocycles. The second-order valence-corrected chi connectivity index (χ2v) is 14.1. The average molecular weight is 676 g/mol. The molecule has 2 heterocycles. The molecule has 3 atom stereocenters. The van der Waals surface area contributed by atoms with Crippen molar-refractivity contribution in [3.63, 3.8) is 0 Å². The summed E-state index contributed by atoms with van der Waals surface area (Å²) in [6, 6.07) is 11.8. The van der Waals surface area contributed by atoms with E-state index in [1.165, 1.54) is 16.0 Å². The van der Waals surface area contributed by atoms with Crippen molar-refractivity contribution in [3.05, 3.63) is 64.7 Å². The second-order valence-electron chi connectivity index (χ2n) is 12.4. The average Bonchev–Trinajstić information content (AvgIpc) is 3.21. The van der Waals surface area contributed by atoms with E-state index in [2.05, 4.69) is 41.7 Å². The predicted molar refractivity (Wildman–Crippen MR) is 185 cm³/mol. The number of fused-ring (bicyclic) bond motifs is 1. The van der Waals surface area contributed by atoms with Crippen LogP contribution in [0.4, 0.5) is 5.69 Å². The lowest BCUT2D eigenvalue weighted by Crippen LogP contribution is -2.45. The number of anilines is 1. The number of nitrogens with one attached hydrogen (secondary N) is 1. The number of hydrogen-bond acceptors (Lipinski definition) is 7. The normalized spacial score (nSPS) is 22.3. The van der Waals surface area contributed by atoms with E-state index < -0.39 is 29.1 Å². The first-order valence-electron chi connectivity index (χ1n) is 16.0. The fourth-order valence-electron chi connectivity index (χ4n) is 5.36. The van der Waals surface area contributed by atoms with E-state index in [1.54, 1.807) is 34.0 Å². The van der Waals surface area contributed by atoms with E-state index in [0.29, 0.717) is 24.0 Å². The molecule has 0 fully saturated rings. The van der Waals surface area contributed by atoms with Crippen molar-refractivity contribution >= 4 is 40.1 Å². The molecule has 3 unspecified atom stereocenters. The molecule has 4 rings (SSSR count). The highest BCUT2D eigenvalue weighted by Crippen LogP contribution is 2.38. The topological polar surface area (TPSA) is 108 Å². The van der Waals surface area contributed by atoms with Crippen LogP contribution in [0.1, 0.15) is 70.4 Å². The lowest BCUT2D eigenvalue weighted by molar-refractivity contribution is -0.139. The Morgan fingerprint density at radius 2 is 1.93 bits per heavy atom. The summed E-state index contributed by atoms with van der Waals surface area (Å²) >= 11 is 6.37. The summed E-state index contributed by atoms with van der Waals surface area (Å²) in [5.41, 5.74) is 2.35. The van der Waals surface area contributed by atoms with Crippen molar-refractivity contribution in [2.24, 2.45) is 5.92 Å². The molecule has 2 amide bonds. The highest BCUT2D eigenvalue weighted by molar-refractivity contribution is 7.83. The standard InChI is InChI=1S/C31H41ClN2O4S.C4H9NO2/c1-5-9-23-18-25(32)11-13-27(23)24-20-34-16-15-22(6-2)10-7-8-17-38-31(3,4)30(35)33-39(36)26-12-14-29(37-21-24)28(34)19-26;1-5(2)4(7)3-6/h7-8,11-14,18-19,22,24H,5-6,9-10,15-17,20-21H2,1-4H3,(H,33,35);6H,3H2,1-2H3/b8-7+;. The zero-order valence-corrected chi connectivity index (χ0v) is 29.6. The summed E-state index contributed by atoms with van der Waals surface area (Å²) in [6.07, 6.45) is 9.18. The van der Waals surface area contributed by atoms with E-state index in [9.17, 15) is 13.8 Å². The molecular formula is C35H50ClN3O6S. The van der Waals surface area contributed by atoms with E-state index in [-0.39, 0.29) is 11.8 Å². The Balaban J connectivity index is 0.000000738. The third-order valence-electron chi connectivity index (χ3n) is 8.36. The molecule has 2 bridgehead atoms. The summed E-state index contributed by atoms with van der Waals surface area (Å²) in [7, 11) is 1.46. The number of likely N-dealkylation sites (N-methyl/N-ethyl adjacent to an activating group) is 1. The number of nitrogens with zero attached hydrogens (tertiary/aromatic N) is 2. The Morgan fingerprint density at radius 3 is 2.59 bits per heavy atom. The Morgan fingerprint density at radius 1 is 1.17 bits per heavy atom. The maximum absolute atomic E-state index is 13.2. The molecule has 0 aliphatic carbocycles. The van der Waals surface area contributed by atoms with Crippen LogP contribution in [0.3, 0.4) is 0 Å². The van der Waals surface area contributed by atoms with Crippen molar-refractivity contribution in [1.82, 2.24) is 9.62 Å². The summed E-state index contributed by atoms with van der Waals surface area (Å²) in [6.45, 7) is 9.91. The summed E-state index contributed by atoms with van der Waals surface area (Å²) in [5, 5.41) is 8.87. The summed E-state index contributed by atoms with van der Waals surface area (Å²) in [5.74, 6) is 0.767. The van der Waals surface area contributed by atoms with Gasteiger partial charge in [0.1, 0.15) is 18.0 Å². The maximum atomic E-state index is 13.2. The van der Waals surface area contributed by atoms with Gasteiger partial charge >= 0.3 is 0 Å². The van der Waals surface area contributed by atoms with Gasteiger partial charge in [0.2, 0.25) is 5.91 Å². The SMILES string of the molecule is CCCc1cc(Cl)ccc1C1COc2ccc3cc2N(CCC(CC)C/C=C/COC(C)(C)C(=O)NS3=O)C1.CN(C)C(=O)CO.